The second-order valence-corrected chi connectivity index (χ2v) is 4.73. The summed E-state index contributed by atoms with van der Waals surface area (Å²) in [6, 6.07) is 0. The molecule has 15 heavy (non-hydrogen) atoms. The van der Waals surface area contributed by atoms with Gasteiger partial charge in [-0.2, -0.15) is 0 Å². The van der Waals surface area contributed by atoms with Crippen LogP contribution in [0.15, 0.2) is 0 Å². The summed E-state index contributed by atoms with van der Waals surface area (Å²) in [6.07, 6.45) is 3.44. The van der Waals surface area contributed by atoms with E-state index in [9.17, 15) is 4.79 Å². The Kier molecular flexibility index (Phi) is 7.45. The number of hydrogen-bond donors (Lipinski definition) is 0. The third-order valence-electron chi connectivity index (χ3n) is 2.98. The summed E-state index contributed by atoms with van der Waals surface area (Å²) >= 11 is 0. The zero-order valence-electron chi connectivity index (χ0n) is 10.9. The minimum atomic E-state index is -0.0414. The molecule has 0 aliphatic rings. The second-order valence-electron chi connectivity index (χ2n) is 4.73. The van der Waals surface area contributed by atoms with Crippen LogP contribution in [0.2, 0.25) is 0 Å². The summed E-state index contributed by atoms with van der Waals surface area (Å²) in [5, 5.41) is 0. The van der Waals surface area contributed by atoms with E-state index in [1.54, 1.807) is 0 Å². The van der Waals surface area contributed by atoms with Crippen molar-refractivity contribution < 1.29 is 9.53 Å². The molecule has 0 bridgehead atoms. The van der Waals surface area contributed by atoms with E-state index in [4.69, 9.17) is 4.74 Å². The first-order valence-electron chi connectivity index (χ1n) is 6.20. The van der Waals surface area contributed by atoms with Gasteiger partial charge in [-0.1, -0.05) is 34.6 Å². The lowest BCUT2D eigenvalue weighted by Gasteiger charge is -2.22. The number of esters is 1. The largest absolute Gasteiger partial charge is 0.462 e. The standard InChI is InChI=1S/C13H26O2/c1-6-8-13(14)15-12(7-2)9-11(5)10(3)4/h10-12H,6-9H2,1-5H3. The molecule has 0 radical (unpaired) electrons. The zero-order valence-corrected chi connectivity index (χ0v) is 10.9. The molecular weight excluding hydrogens is 188 g/mol. The second kappa shape index (κ2) is 7.72. The topological polar surface area (TPSA) is 26.3 Å². The maximum absolute atomic E-state index is 11.3. The molecular formula is C13H26O2. The molecule has 0 saturated carbocycles. The summed E-state index contributed by atoms with van der Waals surface area (Å²) in [4.78, 5) is 11.3. The van der Waals surface area contributed by atoms with Crippen LogP contribution in [-0.2, 0) is 9.53 Å². The van der Waals surface area contributed by atoms with E-state index in [0.29, 0.717) is 18.3 Å². The molecule has 0 N–H and O–H groups in total. The molecule has 0 aromatic heterocycles. The van der Waals surface area contributed by atoms with Crippen molar-refractivity contribution in [2.75, 3.05) is 0 Å². The third-order valence-corrected chi connectivity index (χ3v) is 2.98. The fourth-order valence-electron chi connectivity index (χ4n) is 1.43. The minimum absolute atomic E-state index is 0.0414. The van der Waals surface area contributed by atoms with Gasteiger partial charge in [0.2, 0.25) is 0 Å². The van der Waals surface area contributed by atoms with Crippen molar-refractivity contribution in [3.63, 3.8) is 0 Å². The average Bonchev–Trinajstić information content (AvgIpc) is 2.16. The van der Waals surface area contributed by atoms with E-state index < -0.39 is 0 Å². The van der Waals surface area contributed by atoms with E-state index in [-0.39, 0.29) is 12.1 Å². The Labute approximate surface area is 94.4 Å². The summed E-state index contributed by atoms with van der Waals surface area (Å²) in [5.74, 6) is 1.23. The van der Waals surface area contributed by atoms with Crippen molar-refractivity contribution in [1.82, 2.24) is 0 Å². The molecule has 0 amide bonds. The number of rotatable bonds is 7. The molecule has 0 saturated heterocycles. The Hall–Kier alpha value is -0.530. The van der Waals surface area contributed by atoms with E-state index in [1.165, 1.54) is 0 Å². The van der Waals surface area contributed by atoms with Gasteiger partial charge < -0.3 is 4.74 Å². The van der Waals surface area contributed by atoms with Crippen molar-refractivity contribution >= 4 is 5.97 Å². The summed E-state index contributed by atoms with van der Waals surface area (Å²) in [7, 11) is 0. The molecule has 90 valence electrons. The Morgan fingerprint density at radius 3 is 2.20 bits per heavy atom. The van der Waals surface area contributed by atoms with Crippen LogP contribution < -0.4 is 0 Å². The van der Waals surface area contributed by atoms with E-state index in [0.717, 1.165) is 19.3 Å². The van der Waals surface area contributed by atoms with Gasteiger partial charge in [0.25, 0.3) is 0 Å². The maximum Gasteiger partial charge on any atom is 0.306 e. The molecule has 0 aromatic rings. The monoisotopic (exact) mass is 214 g/mol. The lowest BCUT2D eigenvalue weighted by Crippen LogP contribution is -2.21. The summed E-state index contributed by atoms with van der Waals surface area (Å²) < 4.78 is 5.42. The Morgan fingerprint density at radius 2 is 1.80 bits per heavy atom. The first kappa shape index (κ1) is 14.5. The molecule has 0 spiro atoms. The van der Waals surface area contributed by atoms with E-state index in [2.05, 4.69) is 27.7 Å². The first-order valence-corrected chi connectivity index (χ1v) is 6.20. The predicted molar refractivity (Wildman–Crippen MR) is 63.7 cm³/mol. The summed E-state index contributed by atoms with van der Waals surface area (Å²) in [5.41, 5.74) is 0. The van der Waals surface area contributed by atoms with Gasteiger partial charge >= 0.3 is 5.97 Å². The van der Waals surface area contributed by atoms with Crippen LogP contribution in [0.5, 0.6) is 0 Å². The molecule has 2 unspecified atom stereocenters. The minimum Gasteiger partial charge on any atom is -0.462 e. The molecule has 0 fully saturated rings. The van der Waals surface area contributed by atoms with E-state index in [1.807, 2.05) is 6.92 Å². The van der Waals surface area contributed by atoms with Gasteiger partial charge in [0.05, 0.1) is 0 Å². The zero-order chi connectivity index (χ0) is 11.8. The lowest BCUT2D eigenvalue weighted by molar-refractivity contribution is -0.150. The van der Waals surface area contributed by atoms with Crippen molar-refractivity contribution in [2.45, 2.75) is 66.4 Å². The van der Waals surface area contributed by atoms with E-state index >= 15 is 0 Å². The highest BCUT2D eigenvalue weighted by molar-refractivity contribution is 5.69. The SMILES string of the molecule is CCCC(=O)OC(CC)CC(C)C(C)C. The van der Waals surface area contributed by atoms with Crippen LogP contribution >= 0.6 is 0 Å². The highest BCUT2D eigenvalue weighted by Gasteiger charge is 2.17. The lowest BCUT2D eigenvalue weighted by atomic mass is 9.91. The highest BCUT2D eigenvalue weighted by atomic mass is 16.5. The van der Waals surface area contributed by atoms with Gasteiger partial charge in [0, 0.05) is 6.42 Å². The maximum atomic E-state index is 11.3. The number of carbonyl (C=O) groups excluding carboxylic acids is 1. The van der Waals surface area contributed by atoms with Crippen LogP contribution in [0.4, 0.5) is 0 Å². The van der Waals surface area contributed by atoms with Gasteiger partial charge in [-0.05, 0) is 31.1 Å². The molecule has 2 heteroatoms. The van der Waals surface area contributed by atoms with Crippen molar-refractivity contribution in [2.24, 2.45) is 11.8 Å². The quantitative estimate of drug-likeness (QED) is 0.603. The molecule has 0 heterocycles. The Balaban J connectivity index is 3.97. The smallest absolute Gasteiger partial charge is 0.306 e. The van der Waals surface area contributed by atoms with Crippen LogP contribution in [0.1, 0.15) is 60.3 Å². The molecule has 0 rings (SSSR count). The molecule has 0 aliphatic carbocycles. The van der Waals surface area contributed by atoms with Crippen molar-refractivity contribution in [3.8, 4) is 0 Å². The molecule has 2 atom stereocenters. The van der Waals surface area contributed by atoms with Crippen LogP contribution in [0, 0.1) is 11.8 Å². The Morgan fingerprint density at radius 1 is 1.20 bits per heavy atom. The van der Waals surface area contributed by atoms with Gasteiger partial charge in [0.1, 0.15) is 6.10 Å². The summed E-state index contributed by atoms with van der Waals surface area (Å²) in [6.45, 7) is 10.7. The van der Waals surface area contributed by atoms with Crippen molar-refractivity contribution in [1.29, 1.82) is 0 Å². The first-order chi connectivity index (χ1) is 7.01. The molecule has 0 aliphatic heterocycles. The fraction of sp³-hybridized carbons (Fsp3) is 0.923. The van der Waals surface area contributed by atoms with Crippen molar-refractivity contribution in [3.05, 3.63) is 0 Å². The van der Waals surface area contributed by atoms with Gasteiger partial charge in [-0.15, -0.1) is 0 Å². The molecule has 0 aromatic carbocycles. The van der Waals surface area contributed by atoms with Gasteiger partial charge in [-0.3, -0.25) is 4.79 Å². The number of hydrogen-bond acceptors (Lipinski definition) is 2. The highest BCUT2D eigenvalue weighted by Crippen LogP contribution is 2.19. The average molecular weight is 214 g/mol. The van der Waals surface area contributed by atoms with Gasteiger partial charge in [-0.25, -0.2) is 0 Å². The number of ether oxygens (including phenoxy) is 1. The normalized spacial score (nSPS) is 15.1. The van der Waals surface area contributed by atoms with Crippen LogP contribution in [0.25, 0.3) is 0 Å². The Bertz CT molecular complexity index is 175. The van der Waals surface area contributed by atoms with Crippen LogP contribution in [-0.4, -0.2) is 12.1 Å². The third kappa shape index (κ3) is 6.53. The van der Waals surface area contributed by atoms with Gasteiger partial charge in [0.15, 0.2) is 0 Å². The van der Waals surface area contributed by atoms with Crippen LogP contribution in [0.3, 0.4) is 0 Å². The number of carbonyl (C=O) groups is 1. The predicted octanol–water partition coefficient (Wildman–Crippen LogP) is 3.79. The molecule has 2 nitrogen and oxygen atoms in total. The fourth-order valence-corrected chi connectivity index (χ4v) is 1.43.